The van der Waals surface area contributed by atoms with Crippen LogP contribution in [-0.2, 0) is 0 Å². The van der Waals surface area contributed by atoms with E-state index in [4.69, 9.17) is 9.15 Å². The topological polar surface area (TPSA) is 66.7 Å². The SMILES string of the molecule is CC(C)N1CCOc2c(F)cc(-c3nc(Nc4ccc5oc(C6CCN(C)CC6)cc5c4)ncc3F)cc21. The van der Waals surface area contributed by atoms with Crippen LogP contribution in [0.2, 0.25) is 0 Å². The van der Waals surface area contributed by atoms with Gasteiger partial charge in [-0.25, -0.2) is 18.7 Å². The molecule has 1 N–H and O–H groups in total. The molecule has 1 fully saturated rings. The zero-order valence-corrected chi connectivity index (χ0v) is 21.8. The molecule has 0 amide bonds. The molecule has 0 saturated carbocycles. The van der Waals surface area contributed by atoms with Gasteiger partial charge >= 0.3 is 0 Å². The van der Waals surface area contributed by atoms with Gasteiger partial charge in [-0.3, -0.25) is 0 Å². The lowest BCUT2D eigenvalue weighted by atomic mass is 9.94. The Bertz CT molecular complexity index is 1480. The normalized spacial score (nSPS) is 16.6. The molecule has 6 rings (SSSR count). The van der Waals surface area contributed by atoms with E-state index in [0.29, 0.717) is 30.3 Å². The number of fused-ring (bicyclic) bond motifs is 2. The van der Waals surface area contributed by atoms with Gasteiger partial charge in [-0.2, -0.15) is 0 Å². The van der Waals surface area contributed by atoms with Gasteiger partial charge in [0.2, 0.25) is 5.95 Å². The Morgan fingerprint density at radius 3 is 2.63 bits per heavy atom. The molecule has 0 spiro atoms. The van der Waals surface area contributed by atoms with Crippen molar-refractivity contribution in [3.63, 3.8) is 0 Å². The van der Waals surface area contributed by atoms with Crippen LogP contribution in [-0.4, -0.2) is 54.2 Å². The van der Waals surface area contributed by atoms with Crippen LogP contribution >= 0.6 is 0 Å². The number of likely N-dealkylation sites (tertiary alicyclic amines) is 1. The van der Waals surface area contributed by atoms with Gasteiger partial charge in [0.25, 0.3) is 0 Å². The Kier molecular flexibility index (Phi) is 6.39. The van der Waals surface area contributed by atoms with Gasteiger partial charge in [0.05, 0.1) is 18.4 Å². The third-order valence-corrected chi connectivity index (χ3v) is 7.47. The Morgan fingerprint density at radius 1 is 1.03 bits per heavy atom. The second kappa shape index (κ2) is 9.87. The van der Waals surface area contributed by atoms with Gasteiger partial charge < -0.3 is 24.3 Å². The zero-order chi connectivity index (χ0) is 26.4. The average molecular weight is 520 g/mol. The van der Waals surface area contributed by atoms with E-state index in [1.54, 1.807) is 6.07 Å². The van der Waals surface area contributed by atoms with Gasteiger partial charge in [-0.1, -0.05) is 0 Å². The van der Waals surface area contributed by atoms with Crippen molar-refractivity contribution in [3.05, 3.63) is 60.0 Å². The largest absolute Gasteiger partial charge is 0.486 e. The number of rotatable bonds is 5. The molecule has 198 valence electrons. The number of anilines is 3. The monoisotopic (exact) mass is 519 g/mol. The summed E-state index contributed by atoms with van der Waals surface area (Å²) in [6.45, 7) is 7.21. The van der Waals surface area contributed by atoms with Crippen LogP contribution in [0.5, 0.6) is 5.75 Å². The molecular weight excluding hydrogens is 488 g/mol. The number of furan rings is 1. The van der Waals surface area contributed by atoms with Crippen molar-refractivity contribution in [3.8, 4) is 17.0 Å². The maximum atomic E-state index is 15.0. The number of ether oxygens (including phenoxy) is 1. The molecule has 0 unspecified atom stereocenters. The minimum atomic E-state index is -0.629. The first kappa shape index (κ1) is 24.6. The van der Waals surface area contributed by atoms with Crippen LogP contribution in [0.25, 0.3) is 22.2 Å². The molecule has 0 aliphatic carbocycles. The summed E-state index contributed by atoms with van der Waals surface area (Å²) in [7, 11) is 2.15. The van der Waals surface area contributed by atoms with E-state index in [1.807, 2.05) is 36.9 Å². The lowest BCUT2D eigenvalue weighted by Crippen LogP contribution is -2.38. The number of nitrogens with one attached hydrogen (secondary N) is 1. The molecule has 2 aromatic carbocycles. The van der Waals surface area contributed by atoms with Crippen molar-refractivity contribution in [2.45, 2.75) is 38.6 Å². The van der Waals surface area contributed by atoms with Crippen LogP contribution in [0.4, 0.5) is 26.1 Å². The van der Waals surface area contributed by atoms with Crippen molar-refractivity contribution in [2.24, 2.45) is 0 Å². The average Bonchev–Trinajstić information content (AvgIpc) is 3.33. The minimum absolute atomic E-state index is 0.0208. The lowest BCUT2D eigenvalue weighted by Gasteiger charge is -2.34. The van der Waals surface area contributed by atoms with Crippen molar-refractivity contribution in [1.82, 2.24) is 14.9 Å². The minimum Gasteiger partial charge on any atom is -0.486 e. The van der Waals surface area contributed by atoms with Crippen LogP contribution in [0.3, 0.4) is 0 Å². The summed E-state index contributed by atoms with van der Waals surface area (Å²) >= 11 is 0. The number of halogens is 2. The number of hydrogen-bond acceptors (Lipinski definition) is 7. The highest BCUT2D eigenvalue weighted by Crippen LogP contribution is 2.39. The predicted octanol–water partition coefficient (Wildman–Crippen LogP) is 6.33. The van der Waals surface area contributed by atoms with E-state index in [0.717, 1.165) is 54.5 Å². The second-order valence-electron chi connectivity index (χ2n) is 10.4. The summed E-state index contributed by atoms with van der Waals surface area (Å²) in [4.78, 5) is 12.9. The fraction of sp³-hybridized carbons (Fsp3) is 0.379. The van der Waals surface area contributed by atoms with Crippen LogP contribution < -0.4 is 15.0 Å². The number of aromatic nitrogens is 2. The molecule has 4 aromatic rings. The van der Waals surface area contributed by atoms with Gasteiger partial charge in [-0.15, -0.1) is 0 Å². The fourth-order valence-electron chi connectivity index (χ4n) is 5.37. The number of piperidine rings is 1. The zero-order valence-electron chi connectivity index (χ0n) is 21.8. The molecule has 0 bridgehead atoms. The Balaban J connectivity index is 1.28. The number of nitrogens with zero attached hydrogens (tertiary/aromatic N) is 4. The van der Waals surface area contributed by atoms with E-state index in [-0.39, 0.29) is 23.4 Å². The summed E-state index contributed by atoms with van der Waals surface area (Å²) in [5.41, 5.74) is 2.52. The molecule has 2 aliphatic heterocycles. The first-order chi connectivity index (χ1) is 18.4. The highest BCUT2D eigenvalue weighted by atomic mass is 19.1. The Labute approximate surface area is 220 Å². The molecule has 38 heavy (non-hydrogen) atoms. The van der Waals surface area contributed by atoms with E-state index in [1.165, 1.54) is 6.07 Å². The lowest BCUT2D eigenvalue weighted by molar-refractivity contribution is 0.242. The summed E-state index contributed by atoms with van der Waals surface area (Å²) in [6, 6.07) is 11.0. The van der Waals surface area contributed by atoms with Crippen molar-refractivity contribution < 1.29 is 17.9 Å². The molecular formula is C29H31F2N5O2. The molecule has 1 saturated heterocycles. The van der Waals surface area contributed by atoms with E-state index in [2.05, 4.69) is 33.3 Å². The van der Waals surface area contributed by atoms with Gasteiger partial charge in [0.15, 0.2) is 17.4 Å². The first-order valence-corrected chi connectivity index (χ1v) is 13.1. The Hall–Kier alpha value is -3.72. The van der Waals surface area contributed by atoms with Crippen molar-refractivity contribution >= 4 is 28.3 Å². The number of benzene rings is 2. The molecule has 0 radical (unpaired) electrons. The van der Waals surface area contributed by atoms with Crippen molar-refractivity contribution in [1.29, 1.82) is 0 Å². The van der Waals surface area contributed by atoms with Crippen LogP contribution in [0, 0.1) is 11.6 Å². The maximum Gasteiger partial charge on any atom is 0.227 e. The standard InChI is InChI=1S/C29H31F2N5O2/c1-17(2)36-10-11-37-28-22(30)13-20(14-24(28)36)27-23(31)16-32-29(34-27)33-21-4-5-25-19(12-21)15-26(38-25)18-6-8-35(3)9-7-18/h4-5,12-18H,6-11H2,1-3H3,(H,32,33,34). The van der Waals surface area contributed by atoms with Crippen molar-refractivity contribution in [2.75, 3.05) is 43.5 Å². The highest BCUT2D eigenvalue weighted by Gasteiger charge is 2.26. The predicted molar refractivity (Wildman–Crippen MR) is 144 cm³/mol. The molecule has 2 aromatic heterocycles. The second-order valence-corrected chi connectivity index (χ2v) is 10.4. The highest BCUT2D eigenvalue weighted by molar-refractivity contribution is 5.83. The summed E-state index contributed by atoms with van der Waals surface area (Å²) in [6.07, 6.45) is 3.27. The first-order valence-electron chi connectivity index (χ1n) is 13.1. The van der Waals surface area contributed by atoms with Gasteiger partial charge in [0, 0.05) is 28.6 Å². The van der Waals surface area contributed by atoms with E-state index < -0.39 is 11.6 Å². The summed E-state index contributed by atoms with van der Waals surface area (Å²) in [5, 5.41) is 4.15. The third-order valence-electron chi connectivity index (χ3n) is 7.47. The molecule has 9 heteroatoms. The van der Waals surface area contributed by atoms with Gasteiger partial charge in [0.1, 0.15) is 23.6 Å². The Morgan fingerprint density at radius 2 is 1.84 bits per heavy atom. The molecule has 0 atom stereocenters. The van der Waals surface area contributed by atoms with Crippen LogP contribution in [0.1, 0.15) is 38.4 Å². The summed E-state index contributed by atoms with van der Waals surface area (Å²) in [5.74, 6) is 0.674. The molecule has 4 heterocycles. The summed E-state index contributed by atoms with van der Waals surface area (Å²) < 4.78 is 41.6. The quantitative estimate of drug-likeness (QED) is 0.331. The van der Waals surface area contributed by atoms with Gasteiger partial charge in [-0.05, 0) is 83.2 Å². The fourth-order valence-corrected chi connectivity index (χ4v) is 5.37. The van der Waals surface area contributed by atoms with Crippen LogP contribution in [0.15, 0.2) is 47.0 Å². The van der Waals surface area contributed by atoms with E-state index in [9.17, 15) is 8.78 Å². The molecule has 7 nitrogen and oxygen atoms in total. The van der Waals surface area contributed by atoms with E-state index >= 15 is 0 Å². The third kappa shape index (κ3) is 4.67. The smallest absolute Gasteiger partial charge is 0.227 e. The maximum absolute atomic E-state index is 15.0. The number of hydrogen-bond donors (Lipinski definition) is 1. The molecule has 2 aliphatic rings.